The molecule has 0 aliphatic rings. The maximum Gasteiger partial charge on any atom is 0.164 e. The lowest BCUT2D eigenvalue weighted by Gasteiger charge is -2.01. The Balaban J connectivity index is 2.71. The molecule has 0 bridgehead atoms. The van der Waals surface area contributed by atoms with Crippen molar-refractivity contribution in [2.24, 2.45) is 0 Å². The minimum Gasteiger partial charge on any atom is -0.294 e. The highest BCUT2D eigenvalue weighted by Crippen LogP contribution is 2.17. The van der Waals surface area contributed by atoms with Crippen molar-refractivity contribution in [3.05, 3.63) is 34.9 Å². The molecule has 0 saturated carbocycles. The molecule has 0 unspecified atom stereocenters. The zero-order chi connectivity index (χ0) is 9.68. The topological polar surface area (TPSA) is 17.1 Å². The van der Waals surface area contributed by atoms with Crippen LogP contribution >= 0.6 is 11.6 Å². The number of unbranched alkanes of at least 4 members (excludes halogenated alkanes) is 1. The fourth-order valence-electron chi connectivity index (χ4n) is 1.16. The van der Waals surface area contributed by atoms with Gasteiger partial charge in [0, 0.05) is 12.0 Å². The fourth-order valence-corrected chi connectivity index (χ4v) is 1.40. The number of ketones is 1. The van der Waals surface area contributed by atoms with Gasteiger partial charge in [0.1, 0.15) is 0 Å². The number of hydrogen-bond donors (Lipinski definition) is 0. The molecule has 0 atom stereocenters. The summed E-state index contributed by atoms with van der Waals surface area (Å²) in [4.78, 5) is 11.5. The Kier molecular flexibility index (Phi) is 3.97. The summed E-state index contributed by atoms with van der Waals surface area (Å²) in [6.45, 7) is 2.07. The van der Waals surface area contributed by atoms with E-state index in [2.05, 4.69) is 6.92 Å². The van der Waals surface area contributed by atoms with Crippen molar-refractivity contribution in [1.29, 1.82) is 0 Å². The second kappa shape index (κ2) is 5.03. The third-order valence-corrected chi connectivity index (χ3v) is 2.26. The molecule has 0 N–H and O–H groups in total. The van der Waals surface area contributed by atoms with Crippen LogP contribution in [0.4, 0.5) is 0 Å². The number of Topliss-reactive ketones (excluding diaryl/α,β-unsaturated/α-hetero) is 1. The summed E-state index contributed by atoms with van der Waals surface area (Å²) in [6.07, 6.45) is 2.57. The first-order valence-corrected chi connectivity index (χ1v) is 4.91. The van der Waals surface area contributed by atoms with Crippen molar-refractivity contribution >= 4 is 17.4 Å². The van der Waals surface area contributed by atoms with Crippen molar-refractivity contribution < 1.29 is 4.79 Å². The number of hydrogen-bond acceptors (Lipinski definition) is 1. The Bertz CT molecular complexity index is 294. The summed E-state index contributed by atoms with van der Waals surface area (Å²) in [6, 6.07) is 7.20. The molecule has 0 aromatic heterocycles. The van der Waals surface area contributed by atoms with E-state index in [1.54, 1.807) is 12.1 Å². The van der Waals surface area contributed by atoms with E-state index in [0.29, 0.717) is 17.0 Å². The molecule has 0 fully saturated rings. The Morgan fingerprint density at radius 2 is 2.08 bits per heavy atom. The van der Waals surface area contributed by atoms with Crippen LogP contribution in [0, 0.1) is 0 Å². The van der Waals surface area contributed by atoms with Gasteiger partial charge < -0.3 is 0 Å². The van der Waals surface area contributed by atoms with E-state index in [1.807, 2.05) is 12.1 Å². The van der Waals surface area contributed by atoms with Crippen molar-refractivity contribution in [2.75, 3.05) is 0 Å². The summed E-state index contributed by atoms with van der Waals surface area (Å²) in [5.41, 5.74) is 0.651. The summed E-state index contributed by atoms with van der Waals surface area (Å²) >= 11 is 5.88. The van der Waals surface area contributed by atoms with Gasteiger partial charge in [0.05, 0.1) is 5.02 Å². The largest absolute Gasteiger partial charge is 0.294 e. The number of halogens is 1. The van der Waals surface area contributed by atoms with Gasteiger partial charge in [0.25, 0.3) is 0 Å². The van der Waals surface area contributed by atoms with Crippen LogP contribution < -0.4 is 0 Å². The molecule has 0 radical (unpaired) electrons. The van der Waals surface area contributed by atoms with E-state index >= 15 is 0 Å². The molecule has 70 valence electrons. The highest BCUT2D eigenvalue weighted by molar-refractivity contribution is 6.33. The first kappa shape index (κ1) is 10.3. The second-order valence-electron chi connectivity index (χ2n) is 3.01. The predicted molar refractivity (Wildman–Crippen MR) is 55.3 cm³/mol. The molecule has 1 aromatic rings. The van der Waals surface area contributed by atoms with Crippen LogP contribution in [0.5, 0.6) is 0 Å². The normalized spacial score (nSPS) is 10.0. The molecule has 0 aliphatic heterocycles. The number of rotatable bonds is 4. The van der Waals surface area contributed by atoms with Crippen molar-refractivity contribution in [3.63, 3.8) is 0 Å². The average Bonchev–Trinajstić information content (AvgIpc) is 2.15. The quantitative estimate of drug-likeness (QED) is 0.671. The van der Waals surface area contributed by atoms with E-state index in [-0.39, 0.29) is 5.78 Å². The van der Waals surface area contributed by atoms with Crippen molar-refractivity contribution in [3.8, 4) is 0 Å². The van der Waals surface area contributed by atoms with Crippen LogP contribution in [0.3, 0.4) is 0 Å². The minimum atomic E-state index is 0.146. The standard InChI is InChI=1S/C11H13ClO/c1-2-3-8-11(13)9-6-4-5-7-10(9)12/h4-7H,2-3,8H2,1H3. The predicted octanol–water partition coefficient (Wildman–Crippen LogP) is 3.71. The monoisotopic (exact) mass is 196 g/mol. The van der Waals surface area contributed by atoms with Gasteiger partial charge >= 0.3 is 0 Å². The van der Waals surface area contributed by atoms with Gasteiger partial charge in [0.2, 0.25) is 0 Å². The van der Waals surface area contributed by atoms with Crippen LogP contribution in [0.15, 0.2) is 24.3 Å². The van der Waals surface area contributed by atoms with Gasteiger partial charge in [0.15, 0.2) is 5.78 Å². The maximum absolute atomic E-state index is 11.5. The number of carbonyl (C=O) groups is 1. The minimum absolute atomic E-state index is 0.146. The van der Waals surface area contributed by atoms with Crippen molar-refractivity contribution in [1.82, 2.24) is 0 Å². The number of benzene rings is 1. The van der Waals surface area contributed by atoms with E-state index in [0.717, 1.165) is 12.8 Å². The summed E-state index contributed by atoms with van der Waals surface area (Å²) < 4.78 is 0. The molecule has 1 nitrogen and oxygen atoms in total. The Morgan fingerprint density at radius 3 is 2.69 bits per heavy atom. The maximum atomic E-state index is 11.5. The van der Waals surface area contributed by atoms with E-state index in [1.165, 1.54) is 0 Å². The SMILES string of the molecule is CCCCC(=O)c1ccccc1Cl. The van der Waals surface area contributed by atoms with Crippen LogP contribution in [-0.2, 0) is 0 Å². The molecule has 0 aliphatic carbocycles. The number of carbonyl (C=O) groups excluding carboxylic acids is 1. The van der Waals surface area contributed by atoms with E-state index < -0.39 is 0 Å². The first-order chi connectivity index (χ1) is 6.25. The molecule has 0 spiro atoms. The zero-order valence-electron chi connectivity index (χ0n) is 7.72. The molecule has 2 heteroatoms. The van der Waals surface area contributed by atoms with Gasteiger partial charge in [-0.15, -0.1) is 0 Å². The Labute approximate surface area is 83.7 Å². The lowest BCUT2D eigenvalue weighted by Crippen LogP contribution is -1.98. The summed E-state index contributed by atoms with van der Waals surface area (Å²) in [5, 5.41) is 0.559. The third-order valence-electron chi connectivity index (χ3n) is 1.93. The van der Waals surface area contributed by atoms with E-state index in [9.17, 15) is 4.79 Å². The van der Waals surface area contributed by atoms with Crippen LogP contribution in [0.2, 0.25) is 5.02 Å². The van der Waals surface area contributed by atoms with Gasteiger partial charge in [-0.3, -0.25) is 4.79 Å². The lowest BCUT2D eigenvalue weighted by molar-refractivity contribution is 0.0980. The molecule has 1 rings (SSSR count). The zero-order valence-corrected chi connectivity index (χ0v) is 8.47. The lowest BCUT2D eigenvalue weighted by atomic mass is 10.1. The molecule has 1 aromatic carbocycles. The molecular weight excluding hydrogens is 184 g/mol. The Morgan fingerprint density at radius 1 is 1.38 bits per heavy atom. The Hall–Kier alpha value is -0.820. The third kappa shape index (κ3) is 2.85. The summed E-state index contributed by atoms with van der Waals surface area (Å²) in [5.74, 6) is 0.146. The van der Waals surface area contributed by atoms with Crippen molar-refractivity contribution in [2.45, 2.75) is 26.2 Å². The second-order valence-corrected chi connectivity index (χ2v) is 3.41. The highest BCUT2D eigenvalue weighted by Gasteiger charge is 2.07. The van der Waals surface area contributed by atoms with Gasteiger partial charge in [-0.2, -0.15) is 0 Å². The van der Waals surface area contributed by atoms with Gasteiger partial charge in [-0.05, 0) is 18.6 Å². The molecule has 0 amide bonds. The molecule has 0 heterocycles. The van der Waals surface area contributed by atoms with Gasteiger partial charge in [-0.25, -0.2) is 0 Å². The average molecular weight is 197 g/mol. The van der Waals surface area contributed by atoms with Crippen LogP contribution in [0.1, 0.15) is 36.5 Å². The van der Waals surface area contributed by atoms with Gasteiger partial charge in [-0.1, -0.05) is 37.1 Å². The van der Waals surface area contributed by atoms with Crippen LogP contribution in [-0.4, -0.2) is 5.78 Å². The smallest absolute Gasteiger partial charge is 0.164 e. The molecule has 13 heavy (non-hydrogen) atoms. The first-order valence-electron chi connectivity index (χ1n) is 4.53. The fraction of sp³-hybridized carbons (Fsp3) is 0.364. The highest BCUT2D eigenvalue weighted by atomic mass is 35.5. The molecule has 0 saturated heterocycles. The van der Waals surface area contributed by atoms with Crippen LogP contribution in [0.25, 0.3) is 0 Å². The van der Waals surface area contributed by atoms with E-state index in [4.69, 9.17) is 11.6 Å². The summed E-state index contributed by atoms with van der Waals surface area (Å²) in [7, 11) is 0. The molecular formula is C11H13ClO.